The number of aromatic nitrogens is 3. The molecule has 0 atom stereocenters. The Morgan fingerprint density at radius 1 is 0.333 bits per heavy atom. The third-order valence-electron chi connectivity index (χ3n) is 19.0. The van der Waals surface area contributed by atoms with Crippen molar-refractivity contribution in [1.82, 2.24) is 15.0 Å². The summed E-state index contributed by atoms with van der Waals surface area (Å²) in [5.74, 6) is 6.40. The number of fused-ring (bicyclic) bond motifs is 24. The number of aromatic amines is 1. The zero-order chi connectivity index (χ0) is 65.6. The molecular weight excluding hydrogens is 1190 g/mol. The predicted molar refractivity (Wildman–Crippen MR) is 393 cm³/mol. The summed E-state index contributed by atoms with van der Waals surface area (Å²) in [5, 5.41) is 11.4. The molecule has 15 nitrogen and oxygen atoms in total. The van der Waals surface area contributed by atoms with E-state index in [2.05, 4.69) is 145 Å². The molecule has 3 aromatic heterocycles. The highest BCUT2D eigenvalue weighted by atomic mass is 16.5. The van der Waals surface area contributed by atoms with Crippen LogP contribution in [0.4, 0.5) is 11.6 Å². The lowest BCUT2D eigenvalue weighted by Gasteiger charge is -2.20. The molecule has 8 aromatic carbocycles. The molecule has 0 saturated heterocycles. The Labute approximate surface area is 559 Å². The van der Waals surface area contributed by atoms with Gasteiger partial charge in [-0.05, 0) is 133 Å². The summed E-state index contributed by atoms with van der Waals surface area (Å²) >= 11 is 0. The maximum Gasteiger partial charge on any atom is 0.168 e. The van der Waals surface area contributed by atoms with Crippen LogP contribution < -0.4 is 28.4 Å². The van der Waals surface area contributed by atoms with Gasteiger partial charge in [-0.2, -0.15) is 0 Å². The van der Waals surface area contributed by atoms with Gasteiger partial charge >= 0.3 is 0 Å². The lowest BCUT2D eigenvalue weighted by molar-refractivity contribution is 0.305. The molecule has 0 unspecified atom stereocenters. The van der Waals surface area contributed by atoms with Crippen LogP contribution in [0.15, 0.2) is 139 Å². The molecule has 96 heavy (non-hydrogen) atoms. The third kappa shape index (κ3) is 10.7. The molecule has 11 aromatic rings. The van der Waals surface area contributed by atoms with E-state index in [0.29, 0.717) is 142 Å². The van der Waals surface area contributed by atoms with E-state index in [4.69, 9.17) is 68.3 Å². The molecule has 15 rings (SSSR count). The second-order valence-electron chi connectivity index (χ2n) is 25.6. The minimum Gasteiger partial charge on any atom is -0.492 e. The SMILES string of the molecule is CCCCOc1c2c(c(C)c3cc4ccccc4cc13)C1=NC3=NC(=Nc4[nH]c(c5c(OCCCC)c6ncccc6c(C)c45)N=C4N=C(N=C2C1)c1c4c(OCCCC)c2cc4ccccc4cc2c1OCCCC)c1c3c(OCCCC)c2cccnc2c1OCCCC. The van der Waals surface area contributed by atoms with E-state index in [1.54, 1.807) is 0 Å². The summed E-state index contributed by atoms with van der Waals surface area (Å²) in [6.45, 7) is 20.1. The number of unbranched alkanes of at least 4 members (excludes halogenated alkanes) is 6. The standard InChI is InChI=1S/C81H81N9O6/c1-9-15-35-91-70-53-32-26-34-83-69(53)75(96-40-20-14-6)67-66(70)78-84-58-45-59(62-60(58)47(8)54-41-48-27-21-22-28-49(48)42-55(54)71(62)92-36-16-10-2)85-77-64-65(73(94-38-18-12-4)57-44-51-30-24-23-29-50(51)43-56(57)72(64)93-37-17-11-3)80(88-77)90-79-63-61(76(86-79)87-81(67)89-78)46(7)52-31-25-33-82-68(52)74(63)95-39-19-13-5/h21-34,41-44H,9-20,35-40,45H2,1-8H3,(H,84,85,86,87,88,89,90). The molecule has 1 aliphatic carbocycles. The molecule has 0 spiro atoms. The van der Waals surface area contributed by atoms with E-state index in [1.165, 1.54) is 0 Å². The van der Waals surface area contributed by atoms with Crippen LogP contribution >= 0.6 is 0 Å². The quantitative estimate of drug-likeness (QED) is 0.0460. The Kier molecular flexibility index (Phi) is 17.2. The molecule has 0 radical (unpaired) electrons. The fourth-order valence-corrected chi connectivity index (χ4v) is 14.1. The summed E-state index contributed by atoms with van der Waals surface area (Å²) in [4.78, 5) is 49.1. The lowest BCUT2D eigenvalue weighted by atomic mass is 9.92. The third-order valence-corrected chi connectivity index (χ3v) is 19.0. The maximum atomic E-state index is 7.28. The highest BCUT2D eigenvalue weighted by molar-refractivity contribution is 6.40. The van der Waals surface area contributed by atoms with Gasteiger partial charge in [0, 0.05) is 62.3 Å². The van der Waals surface area contributed by atoms with Crippen LogP contribution in [0.25, 0.3) is 75.7 Å². The molecule has 0 fully saturated rings. The van der Waals surface area contributed by atoms with Crippen LogP contribution in [0.2, 0.25) is 0 Å². The fourth-order valence-electron chi connectivity index (χ4n) is 14.1. The van der Waals surface area contributed by atoms with Crippen molar-refractivity contribution in [3.8, 4) is 34.5 Å². The predicted octanol–water partition coefficient (Wildman–Crippen LogP) is 19.9. The average molecular weight is 1280 g/mol. The first-order valence-electron chi connectivity index (χ1n) is 34.9. The minimum absolute atomic E-state index is 0.280. The van der Waals surface area contributed by atoms with Gasteiger partial charge in [-0.3, -0.25) is 9.97 Å². The zero-order valence-corrected chi connectivity index (χ0v) is 56.4. The molecule has 15 heteroatoms. The van der Waals surface area contributed by atoms with Gasteiger partial charge in [-0.15, -0.1) is 0 Å². The van der Waals surface area contributed by atoms with Crippen molar-refractivity contribution in [3.63, 3.8) is 0 Å². The summed E-state index contributed by atoms with van der Waals surface area (Å²) in [6.07, 6.45) is 14.4. The monoisotopic (exact) mass is 1280 g/mol. The van der Waals surface area contributed by atoms with E-state index in [9.17, 15) is 0 Å². The topological polar surface area (TPSA) is 171 Å². The van der Waals surface area contributed by atoms with Gasteiger partial charge in [0.2, 0.25) is 0 Å². The molecule has 1 N–H and O–H groups in total. The fraction of sp³-hybridized carbons (Fsp3) is 0.333. The Balaban J connectivity index is 1.14. The van der Waals surface area contributed by atoms with Crippen LogP contribution in [0.3, 0.4) is 0 Å². The summed E-state index contributed by atoms with van der Waals surface area (Å²) in [6, 6.07) is 34.1. The van der Waals surface area contributed by atoms with Gasteiger partial charge in [0.05, 0.1) is 78.7 Å². The second kappa shape index (κ2) is 26.6. The largest absolute Gasteiger partial charge is 0.492 e. The zero-order valence-electron chi connectivity index (χ0n) is 56.4. The number of aryl methyl sites for hydroxylation is 2. The van der Waals surface area contributed by atoms with Crippen LogP contribution in [0.5, 0.6) is 34.5 Å². The second-order valence-corrected chi connectivity index (χ2v) is 25.6. The lowest BCUT2D eigenvalue weighted by Crippen LogP contribution is -2.11. The highest BCUT2D eigenvalue weighted by Crippen LogP contribution is 2.53. The Morgan fingerprint density at radius 3 is 1.18 bits per heavy atom. The van der Waals surface area contributed by atoms with Crippen molar-refractivity contribution in [2.24, 2.45) is 30.0 Å². The van der Waals surface area contributed by atoms with Crippen molar-refractivity contribution in [2.75, 3.05) is 39.6 Å². The van der Waals surface area contributed by atoms with Crippen LogP contribution in [0.1, 0.15) is 170 Å². The minimum atomic E-state index is 0.280. The molecule has 6 heterocycles. The molecule has 0 saturated carbocycles. The van der Waals surface area contributed by atoms with Gasteiger partial charge in [-0.25, -0.2) is 30.0 Å². The smallest absolute Gasteiger partial charge is 0.168 e. The maximum absolute atomic E-state index is 7.28. The molecule has 3 aliphatic heterocycles. The first kappa shape index (κ1) is 62.1. The number of amidine groups is 4. The van der Waals surface area contributed by atoms with Gasteiger partial charge in [0.1, 0.15) is 45.7 Å². The van der Waals surface area contributed by atoms with Gasteiger partial charge < -0.3 is 33.4 Å². The molecular formula is C81H81N9O6. The number of rotatable bonds is 24. The number of nitrogens with one attached hydrogen (secondary N) is 1. The van der Waals surface area contributed by atoms with Gasteiger partial charge in [0.25, 0.3) is 0 Å². The number of pyridine rings is 2. The first-order valence-corrected chi connectivity index (χ1v) is 34.9. The van der Waals surface area contributed by atoms with Crippen LogP contribution in [-0.2, 0) is 0 Å². The van der Waals surface area contributed by atoms with Gasteiger partial charge in [0.15, 0.2) is 34.8 Å². The molecule has 8 bridgehead atoms. The molecule has 486 valence electrons. The Morgan fingerprint density at radius 2 is 0.698 bits per heavy atom. The molecule has 0 amide bonds. The Hall–Kier alpha value is -10.0. The van der Waals surface area contributed by atoms with Crippen molar-refractivity contribution >= 4 is 122 Å². The number of ether oxygens (including phenoxy) is 6. The van der Waals surface area contributed by atoms with E-state index in [1.807, 2.05) is 24.5 Å². The van der Waals surface area contributed by atoms with Crippen molar-refractivity contribution in [2.45, 2.75) is 139 Å². The van der Waals surface area contributed by atoms with Crippen molar-refractivity contribution < 1.29 is 28.4 Å². The van der Waals surface area contributed by atoms with Gasteiger partial charge in [-0.1, -0.05) is 135 Å². The number of aliphatic imine (C=N–C) groups is 6. The average Bonchev–Trinajstić information content (AvgIpc) is 1.52. The summed E-state index contributed by atoms with van der Waals surface area (Å²) < 4.78 is 43.1. The first-order chi connectivity index (χ1) is 47.2. The molecule has 4 aliphatic rings. The van der Waals surface area contributed by atoms with E-state index in [0.717, 1.165) is 176 Å². The van der Waals surface area contributed by atoms with Crippen molar-refractivity contribution in [1.29, 1.82) is 0 Å². The van der Waals surface area contributed by atoms with Crippen LogP contribution in [0, 0.1) is 13.8 Å². The number of H-pyrrole nitrogens is 1. The normalized spacial score (nSPS) is 13.9. The number of hydrogen-bond donors (Lipinski definition) is 1. The van der Waals surface area contributed by atoms with E-state index in [-0.39, 0.29) is 6.42 Å². The van der Waals surface area contributed by atoms with E-state index >= 15 is 0 Å². The van der Waals surface area contributed by atoms with Crippen LogP contribution in [-0.4, -0.2) is 89.4 Å². The summed E-state index contributed by atoms with van der Waals surface area (Å²) in [5.41, 5.74) is 9.28. The number of hydrogen-bond acceptors (Lipinski definition) is 14. The Bertz CT molecular complexity index is 5170. The number of nitrogens with zero attached hydrogens (tertiary/aromatic N) is 8. The summed E-state index contributed by atoms with van der Waals surface area (Å²) in [7, 11) is 0. The number of benzene rings is 8. The van der Waals surface area contributed by atoms with Crippen molar-refractivity contribution in [3.05, 3.63) is 154 Å². The van der Waals surface area contributed by atoms with E-state index < -0.39 is 0 Å². The highest BCUT2D eigenvalue weighted by Gasteiger charge is 2.41.